The molecule has 0 bridgehead atoms. The van der Waals surface area contributed by atoms with Gasteiger partial charge in [-0.3, -0.25) is 9.59 Å². The van der Waals surface area contributed by atoms with Gasteiger partial charge >= 0.3 is 0 Å². The van der Waals surface area contributed by atoms with E-state index in [1.807, 2.05) is 49.0 Å². The molecule has 1 aromatic carbocycles. The number of hydrogen-bond acceptors (Lipinski definition) is 4. The maximum Gasteiger partial charge on any atom is 0.249 e. The minimum absolute atomic E-state index is 0.0107. The Balaban J connectivity index is 1.84. The van der Waals surface area contributed by atoms with Gasteiger partial charge in [0, 0.05) is 38.3 Å². The van der Waals surface area contributed by atoms with Gasteiger partial charge in [-0.25, -0.2) is 4.98 Å². The summed E-state index contributed by atoms with van der Waals surface area (Å²) in [4.78, 5) is 32.2. The number of nitrogens with one attached hydrogen (secondary N) is 1. The van der Waals surface area contributed by atoms with E-state index in [2.05, 4.69) is 10.3 Å². The van der Waals surface area contributed by atoms with Gasteiger partial charge in [0.25, 0.3) is 0 Å². The molecule has 2 aliphatic heterocycles. The van der Waals surface area contributed by atoms with Crippen molar-refractivity contribution in [1.82, 2.24) is 14.5 Å². The van der Waals surface area contributed by atoms with Crippen molar-refractivity contribution in [2.45, 2.75) is 24.8 Å². The van der Waals surface area contributed by atoms with Gasteiger partial charge in [0.1, 0.15) is 23.9 Å². The van der Waals surface area contributed by atoms with E-state index in [0.717, 1.165) is 11.3 Å². The summed E-state index contributed by atoms with van der Waals surface area (Å²) >= 11 is 0. The fourth-order valence-corrected chi connectivity index (χ4v) is 4.23. The number of para-hydroxylation sites is 1. The third kappa shape index (κ3) is 2.27. The molecule has 1 aromatic heterocycles. The summed E-state index contributed by atoms with van der Waals surface area (Å²) in [7, 11) is 1.89. The van der Waals surface area contributed by atoms with Crippen LogP contribution in [0.1, 0.15) is 30.8 Å². The summed E-state index contributed by atoms with van der Waals surface area (Å²) in [6, 6.07) is 7.25. The molecule has 0 saturated carbocycles. The number of aromatic nitrogens is 2. The van der Waals surface area contributed by atoms with Gasteiger partial charge in [-0.05, 0) is 25.0 Å². The minimum atomic E-state index is -0.822. The zero-order valence-electron chi connectivity index (χ0n) is 14.9. The number of ether oxygens (including phenoxy) is 1. The average molecular weight is 354 g/mol. The maximum atomic E-state index is 13.1. The van der Waals surface area contributed by atoms with Crippen LogP contribution in [0.25, 0.3) is 0 Å². The third-order valence-corrected chi connectivity index (χ3v) is 5.44. The molecule has 2 aromatic rings. The number of likely N-dealkylation sites (tertiary alicyclic amines) is 1. The molecular weight excluding hydrogens is 332 g/mol. The average Bonchev–Trinajstić information content (AvgIpc) is 3.31. The Labute approximate surface area is 152 Å². The standard InChI is InChI=1S/C19H22N4O3/c1-3-26-12-15(24)23-10-8-19(16(23)17-20-9-11-22(17)2)13-6-4-5-7-14(13)21-18(19)25/h4-7,9,11,16H,3,8,10,12H2,1-2H3,(H,21,25)/t16-,19+/m0/s1. The lowest BCUT2D eigenvalue weighted by molar-refractivity contribution is -0.138. The fraction of sp³-hybridized carbons (Fsp3) is 0.421. The second-order valence-electron chi connectivity index (χ2n) is 6.74. The van der Waals surface area contributed by atoms with Crippen LogP contribution in [0.4, 0.5) is 5.69 Å². The molecule has 1 spiro atoms. The molecule has 1 fully saturated rings. The number of benzene rings is 1. The van der Waals surface area contributed by atoms with Crippen LogP contribution >= 0.6 is 0 Å². The molecule has 7 heteroatoms. The number of nitrogens with zero attached hydrogens (tertiary/aromatic N) is 3. The first-order valence-electron chi connectivity index (χ1n) is 8.85. The fourth-order valence-electron chi connectivity index (χ4n) is 4.23. The monoisotopic (exact) mass is 354 g/mol. The number of amides is 2. The predicted molar refractivity (Wildman–Crippen MR) is 95.5 cm³/mol. The quantitative estimate of drug-likeness (QED) is 0.905. The van der Waals surface area contributed by atoms with Crippen LogP contribution in [0.5, 0.6) is 0 Å². The zero-order valence-corrected chi connectivity index (χ0v) is 14.9. The van der Waals surface area contributed by atoms with E-state index in [-0.39, 0.29) is 18.4 Å². The number of anilines is 1. The van der Waals surface area contributed by atoms with Crippen molar-refractivity contribution in [1.29, 1.82) is 0 Å². The molecule has 136 valence electrons. The highest BCUT2D eigenvalue weighted by atomic mass is 16.5. The number of carbonyl (C=O) groups excluding carboxylic acids is 2. The Hall–Kier alpha value is -2.67. The molecule has 4 rings (SSSR count). The van der Waals surface area contributed by atoms with Gasteiger partial charge < -0.3 is 19.5 Å². The molecule has 2 aliphatic rings. The molecule has 7 nitrogen and oxygen atoms in total. The normalized spacial score (nSPS) is 24.2. The van der Waals surface area contributed by atoms with E-state index < -0.39 is 11.5 Å². The number of carbonyl (C=O) groups is 2. The van der Waals surface area contributed by atoms with Crippen molar-refractivity contribution >= 4 is 17.5 Å². The highest BCUT2D eigenvalue weighted by Crippen LogP contribution is 2.54. The Morgan fingerprint density at radius 3 is 2.96 bits per heavy atom. The molecule has 0 unspecified atom stereocenters. The van der Waals surface area contributed by atoms with Gasteiger partial charge in [-0.15, -0.1) is 0 Å². The Morgan fingerprint density at radius 2 is 2.23 bits per heavy atom. The van der Waals surface area contributed by atoms with E-state index in [4.69, 9.17) is 4.74 Å². The molecular formula is C19H22N4O3. The van der Waals surface area contributed by atoms with Crippen LogP contribution in [0.15, 0.2) is 36.7 Å². The first kappa shape index (κ1) is 16.8. The SMILES string of the molecule is CCOCC(=O)N1CC[C@]2(C(=O)Nc3ccccc32)[C@@H]1c1nccn1C. The van der Waals surface area contributed by atoms with Crippen LogP contribution in [-0.4, -0.2) is 46.0 Å². The van der Waals surface area contributed by atoms with Crippen LogP contribution in [0, 0.1) is 0 Å². The molecule has 2 amide bonds. The van der Waals surface area contributed by atoms with Gasteiger partial charge in [-0.2, -0.15) is 0 Å². The Bertz CT molecular complexity index is 862. The molecule has 1 saturated heterocycles. The lowest BCUT2D eigenvalue weighted by atomic mass is 9.74. The first-order chi connectivity index (χ1) is 12.6. The van der Waals surface area contributed by atoms with E-state index >= 15 is 0 Å². The van der Waals surface area contributed by atoms with Crippen LogP contribution in [0.3, 0.4) is 0 Å². The Morgan fingerprint density at radius 1 is 1.42 bits per heavy atom. The lowest BCUT2D eigenvalue weighted by Gasteiger charge is -2.33. The van der Waals surface area contributed by atoms with Crippen molar-refractivity contribution < 1.29 is 14.3 Å². The molecule has 2 atom stereocenters. The van der Waals surface area contributed by atoms with Gasteiger partial charge in [0.05, 0.1) is 0 Å². The summed E-state index contributed by atoms with van der Waals surface area (Å²) in [5, 5.41) is 3.00. The summed E-state index contributed by atoms with van der Waals surface area (Å²) in [6.07, 6.45) is 4.10. The number of rotatable bonds is 4. The lowest BCUT2D eigenvalue weighted by Crippen LogP contribution is -2.44. The highest BCUT2D eigenvalue weighted by Gasteiger charge is 2.60. The molecule has 3 heterocycles. The largest absolute Gasteiger partial charge is 0.372 e. The molecule has 1 N–H and O–H groups in total. The topological polar surface area (TPSA) is 76.5 Å². The van der Waals surface area contributed by atoms with Crippen molar-refractivity contribution in [2.75, 3.05) is 25.1 Å². The van der Waals surface area contributed by atoms with Crippen molar-refractivity contribution in [3.05, 3.63) is 48.0 Å². The van der Waals surface area contributed by atoms with E-state index in [1.165, 1.54) is 0 Å². The second-order valence-corrected chi connectivity index (χ2v) is 6.74. The van der Waals surface area contributed by atoms with E-state index in [0.29, 0.717) is 25.4 Å². The van der Waals surface area contributed by atoms with Crippen LogP contribution < -0.4 is 5.32 Å². The highest BCUT2D eigenvalue weighted by molar-refractivity contribution is 6.07. The summed E-state index contributed by atoms with van der Waals surface area (Å²) in [5.74, 6) is 0.520. The third-order valence-electron chi connectivity index (χ3n) is 5.44. The zero-order chi connectivity index (χ0) is 18.3. The molecule has 26 heavy (non-hydrogen) atoms. The van der Waals surface area contributed by atoms with Crippen LogP contribution in [0.2, 0.25) is 0 Å². The van der Waals surface area contributed by atoms with Crippen molar-refractivity contribution in [3.8, 4) is 0 Å². The summed E-state index contributed by atoms with van der Waals surface area (Å²) in [6.45, 7) is 2.83. The number of fused-ring (bicyclic) bond motifs is 2. The van der Waals surface area contributed by atoms with E-state index in [9.17, 15) is 9.59 Å². The predicted octanol–water partition coefficient (Wildman–Crippen LogP) is 1.62. The first-order valence-corrected chi connectivity index (χ1v) is 8.85. The van der Waals surface area contributed by atoms with Crippen molar-refractivity contribution in [3.63, 3.8) is 0 Å². The van der Waals surface area contributed by atoms with E-state index in [1.54, 1.807) is 11.1 Å². The van der Waals surface area contributed by atoms with Crippen molar-refractivity contribution in [2.24, 2.45) is 7.05 Å². The molecule has 0 radical (unpaired) electrons. The number of imidazole rings is 1. The summed E-state index contributed by atoms with van der Waals surface area (Å²) < 4.78 is 7.21. The second kappa shape index (κ2) is 6.25. The Kier molecular flexibility index (Phi) is 4.03. The molecule has 0 aliphatic carbocycles. The van der Waals surface area contributed by atoms with Gasteiger partial charge in [0.2, 0.25) is 11.8 Å². The van der Waals surface area contributed by atoms with Crippen LogP contribution in [-0.2, 0) is 26.8 Å². The maximum absolute atomic E-state index is 13.1. The number of hydrogen-bond donors (Lipinski definition) is 1. The summed E-state index contributed by atoms with van der Waals surface area (Å²) in [5.41, 5.74) is 0.929. The number of aryl methyl sites for hydroxylation is 1. The van der Waals surface area contributed by atoms with Gasteiger partial charge in [-0.1, -0.05) is 18.2 Å². The smallest absolute Gasteiger partial charge is 0.249 e. The minimum Gasteiger partial charge on any atom is -0.372 e. The van der Waals surface area contributed by atoms with Gasteiger partial charge in [0.15, 0.2) is 0 Å².